The number of nitrogens with zero attached hydrogens (tertiary/aromatic N) is 4. The molecule has 0 spiro atoms. The van der Waals surface area contributed by atoms with Gasteiger partial charge in [-0.1, -0.05) is 24.4 Å². The molecular formula is C23H33FN8S. The van der Waals surface area contributed by atoms with E-state index in [9.17, 15) is 4.39 Å². The van der Waals surface area contributed by atoms with Gasteiger partial charge in [0.05, 0.1) is 6.54 Å². The molecule has 0 aliphatic carbocycles. The Kier molecular flexibility index (Phi) is 8.93. The Balaban J connectivity index is 1.72. The maximum Gasteiger partial charge on any atom is 0.187 e. The third-order valence-corrected chi connectivity index (χ3v) is 6.12. The number of hydrazine groups is 2. The molecule has 10 heteroatoms. The number of likely N-dealkylation sites (N-methyl/N-ethyl adjacent to an activating group) is 1. The fraction of sp³-hybridized carbons (Fsp3) is 0.391. The molecule has 0 aromatic carbocycles. The zero-order chi connectivity index (χ0) is 23.8. The summed E-state index contributed by atoms with van der Waals surface area (Å²) in [5.41, 5.74) is 19.6. The lowest BCUT2D eigenvalue weighted by molar-refractivity contribution is 0.378. The predicted molar refractivity (Wildman–Crippen MR) is 137 cm³/mol. The predicted octanol–water partition coefficient (Wildman–Crippen LogP) is 2.68. The van der Waals surface area contributed by atoms with Gasteiger partial charge in [-0.05, 0) is 37.5 Å². The van der Waals surface area contributed by atoms with Crippen LogP contribution in [0.5, 0.6) is 0 Å². The van der Waals surface area contributed by atoms with Gasteiger partial charge in [-0.15, -0.1) is 0 Å². The fourth-order valence-electron chi connectivity index (χ4n) is 3.59. The number of halogens is 1. The van der Waals surface area contributed by atoms with E-state index < -0.39 is 6.30 Å². The number of amidine groups is 1. The van der Waals surface area contributed by atoms with Crippen molar-refractivity contribution >= 4 is 23.8 Å². The topological polar surface area (TPSA) is 93.3 Å². The Morgan fingerprint density at radius 2 is 2.30 bits per heavy atom. The van der Waals surface area contributed by atoms with Crippen molar-refractivity contribution in [2.45, 2.75) is 32.6 Å². The number of hydrogen-bond donors (Lipinski definition) is 4. The second-order valence-corrected chi connectivity index (χ2v) is 8.89. The summed E-state index contributed by atoms with van der Waals surface area (Å²) in [4.78, 5) is 13.7. The summed E-state index contributed by atoms with van der Waals surface area (Å²) < 4.78 is 13.0. The largest absolute Gasteiger partial charge is 0.398 e. The molecule has 1 saturated heterocycles. The van der Waals surface area contributed by atoms with E-state index in [1.54, 1.807) is 17.8 Å². The lowest BCUT2D eigenvalue weighted by atomic mass is 10.1. The Morgan fingerprint density at radius 3 is 3.00 bits per heavy atom. The average Bonchev–Trinajstić information content (AvgIpc) is 3.21. The molecule has 178 valence electrons. The van der Waals surface area contributed by atoms with E-state index in [4.69, 9.17) is 10.7 Å². The molecular weight excluding hydrogens is 439 g/mol. The summed E-state index contributed by atoms with van der Waals surface area (Å²) >= 11 is 1.55. The van der Waals surface area contributed by atoms with Gasteiger partial charge in [0.1, 0.15) is 5.84 Å². The van der Waals surface area contributed by atoms with Crippen LogP contribution >= 0.6 is 11.8 Å². The van der Waals surface area contributed by atoms with Gasteiger partial charge in [0, 0.05) is 72.6 Å². The first kappa shape index (κ1) is 24.8. The van der Waals surface area contributed by atoms with Gasteiger partial charge in [-0.3, -0.25) is 9.98 Å². The number of nitrogens with two attached hydrogens (primary N) is 1. The second kappa shape index (κ2) is 11.9. The highest BCUT2D eigenvalue weighted by Crippen LogP contribution is 2.34. The number of fused-ring (bicyclic) bond motifs is 1. The van der Waals surface area contributed by atoms with E-state index >= 15 is 0 Å². The van der Waals surface area contributed by atoms with Crippen molar-refractivity contribution in [3.8, 4) is 0 Å². The Labute approximate surface area is 199 Å². The van der Waals surface area contributed by atoms with Crippen molar-refractivity contribution in [1.82, 2.24) is 26.2 Å². The van der Waals surface area contributed by atoms with Crippen LogP contribution in [0.4, 0.5) is 4.39 Å². The third-order valence-electron chi connectivity index (χ3n) is 5.24. The van der Waals surface area contributed by atoms with Gasteiger partial charge in [-0.2, -0.15) is 5.53 Å². The van der Waals surface area contributed by atoms with Crippen molar-refractivity contribution in [3.05, 3.63) is 70.1 Å². The van der Waals surface area contributed by atoms with Gasteiger partial charge in [0.25, 0.3) is 0 Å². The van der Waals surface area contributed by atoms with Crippen LogP contribution in [-0.4, -0.2) is 60.9 Å². The van der Waals surface area contributed by atoms with Crippen LogP contribution in [0.1, 0.15) is 20.3 Å². The summed E-state index contributed by atoms with van der Waals surface area (Å²) in [7, 11) is 2.03. The second-order valence-electron chi connectivity index (χ2n) is 7.89. The van der Waals surface area contributed by atoms with Gasteiger partial charge in [0.2, 0.25) is 0 Å². The molecule has 1 fully saturated rings. The summed E-state index contributed by atoms with van der Waals surface area (Å²) in [6.07, 6.45) is 10.7. The van der Waals surface area contributed by atoms with Crippen molar-refractivity contribution in [2.75, 3.05) is 26.7 Å². The molecule has 5 N–H and O–H groups in total. The lowest BCUT2D eigenvalue weighted by Gasteiger charge is -2.29. The molecule has 2 atom stereocenters. The first-order valence-electron chi connectivity index (χ1n) is 10.9. The quantitative estimate of drug-likeness (QED) is 0.221. The minimum Gasteiger partial charge on any atom is -0.398 e. The molecule has 0 aromatic rings. The highest BCUT2D eigenvalue weighted by molar-refractivity contribution is 8.06. The van der Waals surface area contributed by atoms with Gasteiger partial charge >= 0.3 is 0 Å². The third kappa shape index (κ3) is 6.83. The van der Waals surface area contributed by atoms with Gasteiger partial charge in [0.15, 0.2) is 6.30 Å². The van der Waals surface area contributed by atoms with E-state index in [0.29, 0.717) is 18.8 Å². The normalized spacial score (nSPS) is 22.2. The first-order chi connectivity index (χ1) is 15.9. The van der Waals surface area contributed by atoms with Crippen LogP contribution in [0.15, 0.2) is 80.0 Å². The molecule has 8 nitrogen and oxygen atoms in total. The highest BCUT2D eigenvalue weighted by atomic mass is 32.2. The van der Waals surface area contributed by atoms with Crippen LogP contribution in [-0.2, 0) is 0 Å². The Bertz CT molecular complexity index is 944. The van der Waals surface area contributed by atoms with Crippen molar-refractivity contribution in [2.24, 2.45) is 15.7 Å². The zero-order valence-electron chi connectivity index (χ0n) is 19.4. The highest BCUT2D eigenvalue weighted by Gasteiger charge is 2.35. The Hall–Kier alpha value is -2.82. The van der Waals surface area contributed by atoms with Crippen LogP contribution in [0.2, 0.25) is 0 Å². The standard InChI is InChI=1S/C23H33FN8S/c1-5-12-33-16(2)23-27-14-20(21(25)6-9-26-17(3)24)22-13-19(15-32(22)23)29-30-28-18-7-10-31(4)11-8-18/h5-10,12,17,19,28-30H,2,11,13-15,25H2,1,3-4H3/b12-5-,21-6-,26-9+. The van der Waals surface area contributed by atoms with Crippen LogP contribution in [0.3, 0.4) is 0 Å². The first-order valence-corrected chi connectivity index (χ1v) is 11.8. The van der Waals surface area contributed by atoms with Gasteiger partial charge < -0.3 is 21.0 Å². The van der Waals surface area contributed by atoms with Gasteiger partial charge in [-0.25, -0.2) is 9.82 Å². The van der Waals surface area contributed by atoms with E-state index in [1.807, 2.05) is 37.7 Å². The molecule has 0 saturated carbocycles. The van der Waals surface area contributed by atoms with Crippen molar-refractivity contribution in [1.29, 1.82) is 0 Å². The summed E-state index contributed by atoms with van der Waals surface area (Å²) in [5.74, 6) is 0.855. The summed E-state index contributed by atoms with van der Waals surface area (Å²) in [5, 5.41) is 1.99. The minimum atomic E-state index is -1.26. The number of nitrogens with one attached hydrogen (secondary N) is 3. The molecule has 3 rings (SSSR count). The number of thioether (sulfide) groups is 1. The number of rotatable bonds is 10. The number of aliphatic imine (C=N–C) groups is 2. The number of alkyl halides is 1. The Morgan fingerprint density at radius 1 is 1.48 bits per heavy atom. The van der Waals surface area contributed by atoms with E-state index in [1.165, 1.54) is 13.1 Å². The lowest BCUT2D eigenvalue weighted by Crippen LogP contribution is -2.49. The van der Waals surface area contributed by atoms with Crippen LogP contribution in [0, 0.1) is 0 Å². The molecule has 0 aromatic heterocycles. The van der Waals surface area contributed by atoms with Crippen LogP contribution in [0.25, 0.3) is 0 Å². The molecule has 0 amide bonds. The number of hydrogen-bond acceptors (Lipinski definition) is 9. The molecule has 0 bridgehead atoms. The number of allylic oxidation sites excluding steroid dienone is 3. The summed E-state index contributed by atoms with van der Waals surface area (Å²) in [6, 6.07) is 0.119. The molecule has 33 heavy (non-hydrogen) atoms. The maximum atomic E-state index is 13.0. The molecule has 2 unspecified atom stereocenters. The van der Waals surface area contributed by atoms with Crippen molar-refractivity contribution in [3.63, 3.8) is 0 Å². The average molecular weight is 473 g/mol. The monoisotopic (exact) mass is 472 g/mol. The SMILES string of the molecule is C=C(S/C=C\C)C1=NCC(/C(N)=C/C=N/C(C)F)=C2CC(NNNC3=CCN(C)C=C3)CN12. The molecule has 0 radical (unpaired) electrons. The van der Waals surface area contributed by atoms with E-state index in [2.05, 4.69) is 43.8 Å². The van der Waals surface area contributed by atoms with Crippen LogP contribution < -0.4 is 22.1 Å². The van der Waals surface area contributed by atoms with Crippen molar-refractivity contribution < 1.29 is 4.39 Å². The molecule has 3 heterocycles. The smallest absolute Gasteiger partial charge is 0.187 e. The molecule has 3 aliphatic heterocycles. The van der Waals surface area contributed by atoms with E-state index in [0.717, 1.165) is 40.7 Å². The minimum absolute atomic E-state index is 0.119. The zero-order valence-corrected chi connectivity index (χ0v) is 20.2. The van der Waals surface area contributed by atoms with E-state index in [-0.39, 0.29) is 6.04 Å². The summed E-state index contributed by atoms with van der Waals surface area (Å²) in [6.45, 7) is 9.57. The fourth-order valence-corrected chi connectivity index (χ4v) is 4.17. The maximum absolute atomic E-state index is 13.0. The molecule has 3 aliphatic rings.